The number of hydrogen-bond donors (Lipinski definition) is 2. The minimum atomic E-state index is -0.463. The second-order valence-electron chi connectivity index (χ2n) is 4.69. The van der Waals surface area contributed by atoms with Gasteiger partial charge in [-0.3, -0.25) is 25.4 Å². The van der Waals surface area contributed by atoms with Crippen LogP contribution in [0.15, 0.2) is 66.9 Å². The lowest BCUT2D eigenvalue weighted by Crippen LogP contribution is -2.41. The Kier molecular flexibility index (Phi) is 3.78. The van der Waals surface area contributed by atoms with Crippen molar-refractivity contribution in [2.45, 2.75) is 0 Å². The summed E-state index contributed by atoms with van der Waals surface area (Å²) in [6, 6.07) is 18.1. The third kappa shape index (κ3) is 2.93. The van der Waals surface area contributed by atoms with Gasteiger partial charge in [-0.2, -0.15) is 0 Å². The fourth-order valence-electron chi connectivity index (χ4n) is 2.08. The number of aromatic nitrogens is 1. The molecule has 0 spiro atoms. The molecule has 0 aliphatic rings. The number of fused-ring (bicyclic) bond motifs is 1. The van der Waals surface area contributed by atoms with Gasteiger partial charge in [0.15, 0.2) is 0 Å². The predicted molar refractivity (Wildman–Crippen MR) is 83.1 cm³/mol. The van der Waals surface area contributed by atoms with Crippen LogP contribution in [-0.2, 0) is 0 Å². The van der Waals surface area contributed by atoms with E-state index in [1.165, 1.54) is 6.20 Å². The fraction of sp³-hybridized carbons (Fsp3) is 0. The van der Waals surface area contributed by atoms with Gasteiger partial charge in [-0.05, 0) is 35.0 Å². The second-order valence-corrected chi connectivity index (χ2v) is 4.69. The number of hydrazine groups is 1. The Morgan fingerprint density at radius 3 is 2.27 bits per heavy atom. The van der Waals surface area contributed by atoms with Crippen molar-refractivity contribution in [2.24, 2.45) is 0 Å². The third-order valence-electron chi connectivity index (χ3n) is 3.20. The van der Waals surface area contributed by atoms with E-state index in [4.69, 9.17) is 0 Å². The van der Waals surface area contributed by atoms with Crippen molar-refractivity contribution in [3.8, 4) is 0 Å². The van der Waals surface area contributed by atoms with E-state index in [0.717, 1.165) is 10.8 Å². The standard InChI is InChI=1S/C17H13N3O2/c21-16(19-20-17(22)15-7-3-4-10-18-15)14-9-8-12-5-1-2-6-13(12)11-14/h1-11H,(H,19,21)(H,20,22). The summed E-state index contributed by atoms with van der Waals surface area (Å²) in [6.45, 7) is 0. The summed E-state index contributed by atoms with van der Waals surface area (Å²) >= 11 is 0. The molecule has 22 heavy (non-hydrogen) atoms. The van der Waals surface area contributed by atoms with Crippen molar-refractivity contribution >= 4 is 22.6 Å². The molecule has 2 amide bonds. The van der Waals surface area contributed by atoms with Gasteiger partial charge in [-0.1, -0.05) is 36.4 Å². The number of nitrogens with one attached hydrogen (secondary N) is 2. The van der Waals surface area contributed by atoms with Crippen LogP contribution in [0.1, 0.15) is 20.8 Å². The Morgan fingerprint density at radius 1 is 0.773 bits per heavy atom. The summed E-state index contributed by atoms with van der Waals surface area (Å²) in [5, 5.41) is 2.02. The molecule has 5 nitrogen and oxygen atoms in total. The molecule has 1 heterocycles. The van der Waals surface area contributed by atoms with Crippen LogP contribution >= 0.6 is 0 Å². The number of hydrogen-bond acceptors (Lipinski definition) is 3. The lowest BCUT2D eigenvalue weighted by molar-refractivity contribution is 0.0844. The number of pyridine rings is 1. The van der Waals surface area contributed by atoms with Gasteiger partial charge in [-0.25, -0.2) is 0 Å². The Bertz CT molecular complexity index is 831. The van der Waals surface area contributed by atoms with E-state index in [9.17, 15) is 9.59 Å². The molecule has 3 rings (SSSR count). The van der Waals surface area contributed by atoms with Crippen LogP contribution < -0.4 is 10.9 Å². The van der Waals surface area contributed by atoms with Gasteiger partial charge in [0.1, 0.15) is 5.69 Å². The monoisotopic (exact) mass is 291 g/mol. The molecule has 0 atom stereocenters. The van der Waals surface area contributed by atoms with Gasteiger partial charge >= 0.3 is 0 Å². The molecular formula is C17H13N3O2. The predicted octanol–water partition coefficient (Wildman–Crippen LogP) is 2.31. The van der Waals surface area contributed by atoms with Crippen molar-refractivity contribution in [3.63, 3.8) is 0 Å². The molecule has 0 saturated carbocycles. The SMILES string of the molecule is O=C(NNC(=O)c1ccccn1)c1ccc2ccccc2c1. The highest BCUT2D eigenvalue weighted by atomic mass is 16.2. The van der Waals surface area contributed by atoms with Crippen LogP contribution in [0.4, 0.5) is 0 Å². The number of benzene rings is 2. The van der Waals surface area contributed by atoms with Crippen molar-refractivity contribution < 1.29 is 9.59 Å². The molecule has 0 bridgehead atoms. The largest absolute Gasteiger partial charge is 0.288 e. The van der Waals surface area contributed by atoms with Crippen molar-refractivity contribution in [1.82, 2.24) is 15.8 Å². The van der Waals surface area contributed by atoms with Crippen LogP contribution in [0.5, 0.6) is 0 Å². The topological polar surface area (TPSA) is 71.1 Å². The van der Waals surface area contributed by atoms with Crippen LogP contribution in [0.2, 0.25) is 0 Å². The number of amides is 2. The van der Waals surface area contributed by atoms with E-state index in [0.29, 0.717) is 5.56 Å². The highest BCUT2D eigenvalue weighted by Gasteiger charge is 2.09. The summed E-state index contributed by atoms with van der Waals surface area (Å²) in [6.07, 6.45) is 1.51. The first-order valence-corrected chi connectivity index (χ1v) is 6.74. The van der Waals surface area contributed by atoms with E-state index >= 15 is 0 Å². The molecule has 0 aliphatic carbocycles. The first-order chi connectivity index (χ1) is 10.7. The van der Waals surface area contributed by atoms with Gasteiger partial charge in [0.2, 0.25) is 0 Å². The van der Waals surface area contributed by atoms with Gasteiger partial charge < -0.3 is 0 Å². The number of nitrogens with zero attached hydrogens (tertiary/aromatic N) is 1. The summed E-state index contributed by atoms with van der Waals surface area (Å²) in [5.41, 5.74) is 5.44. The summed E-state index contributed by atoms with van der Waals surface area (Å²) in [5.74, 6) is -0.843. The molecule has 0 fully saturated rings. The minimum Gasteiger partial charge on any atom is -0.267 e. The van der Waals surface area contributed by atoms with Gasteiger partial charge in [0.25, 0.3) is 11.8 Å². The maximum atomic E-state index is 12.1. The van der Waals surface area contributed by atoms with E-state index in [1.54, 1.807) is 30.3 Å². The summed E-state index contributed by atoms with van der Waals surface area (Å²) < 4.78 is 0. The Labute approximate surface area is 127 Å². The average Bonchev–Trinajstić information content (AvgIpc) is 2.59. The Morgan fingerprint density at radius 2 is 1.50 bits per heavy atom. The zero-order valence-corrected chi connectivity index (χ0v) is 11.6. The van der Waals surface area contributed by atoms with Crippen molar-refractivity contribution in [3.05, 3.63) is 78.1 Å². The lowest BCUT2D eigenvalue weighted by Gasteiger charge is -2.07. The molecule has 1 aromatic heterocycles. The number of carbonyl (C=O) groups excluding carboxylic acids is 2. The van der Waals surface area contributed by atoms with E-state index in [2.05, 4.69) is 15.8 Å². The third-order valence-corrected chi connectivity index (χ3v) is 3.20. The van der Waals surface area contributed by atoms with Crippen LogP contribution in [0.25, 0.3) is 10.8 Å². The number of rotatable bonds is 2. The zero-order chi connectivity index (χ0) is 15.4. The van der Waals surface area contributed by atoms with E-state index < -0.39 is 5.91 Å². The summed E-state index contributed by atoms with van der Waals surface area (Å²) in [4.78, 5) is 27.8. The molecule has 0 radical (unpaired) electrons. The normalized spacial score (nSPS) is 10.2. The molecule has 2 N–H and O–H groups in total. The highest BCUT2D eigenvalue weighted by molar-refractivity contribution is 6.00. The van der Waals surface area contributed by atoms with Crippen LogP contribution in [0, 0.1) is 0 Å². The molecule has 0 aliphatic heterocycles. The van der Waals surface area contributed by atoms with Gasteiger partial charge in [-0.15, -0.1) is 0 Å². The number of carbonyl (C=O) groups is 2. The Hall–Kier alpha value is -3.21. The maximum Gasteiger partial charge on any atom is 0.288 e. The molecule has 5 heteroatoms. The maximum absolute atomic E-state index is 12.1. The average molecular weight is 291 g/mol. The minimum absolute atomic E-state index is 0.237. The van der Waals surface area contributed by atoms with Crippen molar-refractivity contribution in [1.29, 1.82) is 0 Å². The van der Waals surface area contributed by atoms with Crippen LogP contribution in [-0.4, -0.2) is 16.8 Å². The molecule has 108 valence electrons. The molecular weight excluding hydrogens is 278 g/mol. The highest BCUT2D eigenvalue weighted by Crippen LogP contribution is 2.15. The summed E-state index contributed by atoms with van der Waals surface area (Å²) in [7, 11) is 0. The lowest BCUT2D eigenvalue weighted by atomic mass is 10.1. The smallest absolute Gasteiger partial charge is 0.267 e. The van der Waals surface area contributed by atoms with Gasteiger partial charge in [0, 0.05) is 11.8 Å². The molecule has 0 unspecified atom stereocenters. The fourth-order valence-corrected chi connectivity index (χ4v) is 2.08. The Balaban J connectivity index is 1.69. The zero-order valence-electron chi connectivity index (χ0n) is 11.6. The molecule has 0 saturated heterocycles. The molecule has 2 aromatic carbocycles. The quantitative estimate of drug-likeness (QED) is 0.712. The van der Waals surface area contributed by atoms with Gasteiger partial charge in [0.05, 0.1) is 0 Å². The van der Waals surface area contributed by atoms with E-state index in [1.807, 2.05) is 30.3 Å². The second kappa shape index (κ2) is 6.05. The molecule has 3 aromatic rings. The first-order valence-electron chi connectivity index (χ1n) is 6.74. The first kappa shape index (κ1) is 13.8. The van der Waals surface area contributed by atoms with Crippen LogP contribution in [0.3, 0.4) is 0 Å². The van der Waals surface area contributed by atoms with Crippen molar-refractivity contribution in [2.75, 3.05) is 0 Å². The van der Waals surface area contributed by atoms with E-state index in [-0.39, 0.29) is 11.6 Å².